The lowest BCUT2D eigenvalue weighted by atomic mass is 10.2. The standard InChI is InChI=1S/C30H21Br2ClN4O5S/c31-20-12-19(28(39)24(32)14-20)15-34-36-30-37(16-23-5-3-11-41-23)29(40)26(43-30)13-18-4-1-2-6-25(18)42-17-27(38)35-22-9-7-21(33)8-10-22/h1-15,39H,16-17H2,(H,35,38)/b26-13-,34-15-,36-30+. The number of amides is 2. The molecule has 0 aliphatic carbocycles. The molecule has 3 aromatic carbocycles. The number of para-hydroxylation sites is 1. The van der Waals surface area contributed by atoms with Gasteiger partial charge in [0, 0.05) is 26.3 Å². The van der Waals surface area contributed by atoms with Crippen LogP contribution in [0.15, 0.2) is 108 Å². The van der Waals surface area contributed by atoms with Crippen molar-refractivity contribution in [1.29, 1.82) is 0 Å². The van der Waals surface area contributed by atoms with E-state index >= 15 is 0 Å². The molecule has 1 saturated heterocycles. The molecule has 0 unspecified atom stereocenters. The second-order valence-electron chi connectivity index (χ2n) is 8.92. The molecule has 2 amide bonds. The van der Waals surface area contributed by atoms with Gasteiger partial charge < -0.3 is 19.6 Å². The number of nitrogens with one attached hydrogen (secondary N) is 1. The summed E-state index contributed by atoms with van der Waals surface area (Å²) >= 11 is 13.7. The van der Waals surface area contributed by atoms with Gasteiger partial charge in [-0.15, -0.1) is 5.10 Å². The third kappa shape index (κ3) is 7.96. The summed E-state index contributed by atoms with van der Waals surface area (Å²) in [5, 5.41) is 22.4. The second kappa shape index (κ2) is 14.1. The zero-order chi connectivity index (χ0) is 30.3. The van der Waals surface area contributed by atoms with E-state index in [-0.39, 0.29) is 30.7 Å². The molecule has 1 fully saturated rings. The first kappa shape index (κ1) is 30.6. The van der Waals surface area contributed by atoms with Gasteiger partial charge in [0.1, 0.15) is 17.3 Å². The maximum atomic E-state index is 13.5. The van der Waals surface area contributed by atoms with Crippen LogP contribution in [0.1, 0.15) is 16.9 Å². The van der Waals surface area contributed by atoms with Crippen molar-refractivity contribution in [3.63, 3.8) is 0 Å². The Bertz CT molecular complexity index is 1740. The average molecular weight is 745 g/mol. The van der Waals surface area contributed by atoms with Gasteiger partial charge in [-0.3, -0.25) is 14.5 Å². The van der Waals surface area contributed by atoms with Gasteiger partial charge in [-0.05, 0) is 88.4 Å². The fourth-order valence-corrected chi connectivity index (χ4v) is 6.16. The Morgan fingerprint density at radius 3 is 2.65 bits per heavy atom. The summed E-state index contributed by atoms with van der Waals surface area (Å²) < 4.78 is 12.5. The van der Waals surface area contributed by atoms with E-state index < -0.39 is 0 Å². The minimum Gasteiger partial charge on any atom is -0.506 e. The van der Waals surface area contributed by atoms with Crippen molar-refractivity contribution in [2.75, 3.05) is 11.9 Å². The van der Waals surface area contributed by atoms with Crippen LogP contribution in [-0.4, -0.2) is 39.8 Å². The number of aromatic hydroxyl groups is 1. The van der Waals surface area contributed by atoms with Gasteiger partial charge in [0.2, 0.25) is 0 Å². The molecule has 2 heterocycles. The number of hydrogen-bond donors (Lipinski definition) is 2. The molecule has 0 atom stereocenters. The largest absolute Gasteiger partial charge is 0.506 e. The summed E-state index contributed by atoms with van der Waals surface area (Å²) in [6, 6.07) is 20.7. The monoisotopic (exact) mass is 742 g/mol. The molecule has 0 radical (unpaired) electrons. The number of amidine groups is 1. The Labute approximate surface area is 272 Å². The van der Waals surface area contributed by atoms with Crippen LogP contribution in [0.4, 0.5) is 5.69 Å². The molecule has 218 valence electrons. The zero-order valence-electron chi connectivity index (χ0n) is 22.0. The molecule has 13 heteroatoms. The molecule has 0 bridgehead atoms. The summed E-state index contributed by atoms with van der Waals surface area (Å²) in [5.74, 6) is 0.339. The summed E-state index contributed by atoms with van der Waals surface area (Å²) in [6.07, 6.45) is 4.60. The number of nitrogens with zero attached hydrogens (tertiary/aromatic N) is 3. The zero-order valence-corrected chi connectivity index (χ0v) is 26.8. The van der Waals surface area contributed by atoms with Crippen molar-refractivity contribution in [3.05, 3.63) is 115 Å². The van der Waals surface area contributed by atoms with E-state index in [1.54, 1.807) is 78.9 Å². The number of phenolic OH excluding ortho intramolecular Hbond substituents is 1. The Kier molecular flexibility index (Phi) is 10.0. The van der Waals surface area contributed by atoms with E-state index in [2.05, 4.69) is 47.4 Å². The number of phenols is 1. The van der Waals surface area contributed by atoms with Crippen molar-refractivity contribution >= 4 is 90.2 Å². The van der Waals surface area contributed by atoms with Crippen LogP contribution in [0.2, 0.25) is 5.02 Å². The van der Waals surface area contributed by atoms with Gasteiger partial charge in [-0.1, -0.05) is 45.7 Å². The Balaban J connectivity index is 1.36. The van der Waals surface area contributed by atoms with Gasteiger partial charge in [0.05, 0.1) is 28.4 Å². The fourth-order valence-electron chi connectivity index (χ4n) is 3.85. The van der Waals surface area contributed by atoms with Gasteiger partial charge in [0.25, 0.3) is 11.8 Å². The predicted octanol–water partition coefficient (Wildman–Crippen LogP) is 7.69. The van der Waals surface area contributed by atoms with Crippen molar-refractivity contribution < 1.29 is 23.8 Å². The molecular formula is C30H21Br2ClN4O5S. The van der Waals surface area contributed by atoms with E-state index in [1.165, 1.54) is 17.4 Å². The molecule has 4 aromatic rings. The van der Waals surface area contributed by atoms with E-state index in [0.29, 0.717) is 47.9 Å². The molecule has 43 heavy (non-hydrogen) atoms. The maximum Gasteiger partial charge on any atom is 0.267 e. The van der Waals surface area contributed by atoms with Crippen molar-refractivity contribution in [3.8, 4) is 11.5 Å². The number of ether oxygens (including phenoxy) is 1. The number of anilines is 1. The number of benzene rings is 3. The lowest BCUT2D eigenvalue weighted by Gasteiger charge is -2.12. The Morgan fingerprint density at radius 2 is 1.88 bits per heavy atom. The normalized spacial score (nSPS) is 15.1. The topological polar surface area (TPSA) is 117 Å². The minimum absolute atomic E-state index is 0.00813. The number of rotatable bonds is 9. The van der Waals surface area contributed by atoms with Crippen LogP contribution in [-0.2, 0) is 16.1 Å². The molecule has 1 aliphatic rings. The average Bonchev–Trinajstić information content (AvgIpc) is 3.60. The quantitative estimate of drug-likeness (QED) is 0.103. The highest BCUT2D eigenvalue weighted by atomic mass is 79.9. The first-order chi connectivity index (χ1) is 20.8. The van der Waals surface area contributed by atoms with Crippen LogP contribution in [0.5, 0.6) is 11.5 Å². The number of carbonyl (C=O) groups is 2. The maximum absolute atomic E-state index is 13.5. The molecule has 0 spiro atoms. The molecular weight excluding hydrogens is 724 g/mol. The highest BCUT2D eigenvalue weighted by Crippen LogP contribution is 2.36. The van der Waals surface area contributed by atoms with Crippen LogP contribution in [0.3, 0.4) is 0 Å². The van der Waals surface area contributed by atoms with E-state index in [0.717, 1.165) is 16.2 Å². The number of halogens is 3. The SMILES string of the molecule is O=C(COc1ccccc1/C=C1\S/C(=N/N=C\c2cc(Br)cc(Br)c2O)N(Cc2ccco2)C1=O)Nc1ccc(Cl)cc1. The molecule has 1 aromatic heterocycles. The minimum atomic E-state index is -0.350. The van der Waals surface area contributed by atoms with Gasteiger partial charge in [-0.25, -0.2) is 0 Å². The molecule has 0 saturated carbocycles. The molecule has 1 aliphatic heterocycles. The Morgan fingerprint density at radius 1 is 1.09 bits per heavy atom. The first-order valence-electron chi connectivity index (χ1n) is 12.6. The molecule has 2 N–H and O–H groups in total. The second-order valence-corrected chi connectivity index (χ2v) is 12.1. The number of thioether (sulfide) groups is 1. The number of furan rings is 1. The summed E-state index contributed by atoms with van der Waals surface area (Å²) in [6.45, 7) is -0.101. The van der Waals surface area contributed by atoms with Crippen LogP contribution < -0.4 is 10.1 Å². The Hall–Kier alpha value is -3.84. The highest BCUT2D eigenvalue weighted by Gasteiger charge is 2.34. The van der Waals surface area contributed by atoms with Crippen molar-refractivity contribution in [2.45, 2.75) is 6.54 Å². The third-order valence-corrected chi connectivity index (χ3v) is 8.18. The predicted molar refractivity (Wildman–Crippen MR) is 175 cm³/mol. The molecule has 9 nitrogen and oxygen atoms in total. The van der Waals surface area contributed by atoms with Crippen LogP contribution in [0, 0.1) is 0 Å². The summed E-state index contributed by atoms with van der Waals surface area (Å²) in [5.41, 5.74) is 1.62. The van der Waals surface area contributed by atoms with Crippen LogP contribution in [0.25, 0.3) is 6.08 Å². The fraction of sp³-hybridized carbons (Fsp3) is 0.0667. The lowest BCUT2D eigenvalue weighted by Crippen LogP contribution is -2.28. The first-order valence-corrected chi connectivity index (χ1v) is 15.3. The van der Waals surface area contributed by atoms with Crippen LogP contribution >= 0.6 is 55.2 Å². The third-order valence-electron chi connectivity index (χ3n) is 5.87. The highest BCUT2D eigenvalue weighted by molar-refractivity contribution is 9.11. The lowest BCUT2D eigenvalue weighted by molar-refractivity contribution is -0.122. The number of carbonyl (C=O) groups excluding carboxylic acids is 2. The van der Waals surface area contributed by atoms with Gasteiger partial charge in [0.15, 0.2) is 11.8 Å². The van der Waals surface area contributed by atoms with Gasteiger partial charge in [-0.2, -0.15) is 5.10 Å². The van der Waals surface area contributed by atoms with E-state index in [9.17, 15) is 14.7 Å². The van der Waals surface area contributed by atoms with Crippen molar-refractivity contribution in [1.82, 2.24) is 4.90 Å². The van der Waals surface area contributed by atoms with E-state index in [1.807, 2.05) is 0 Å². The smallest absolute Gasteiger partial charge is 0.267 e. The summed E-state index contributed by atoms with van der Waals surface area (Å²) in [7, 11) is 0. The molecule has 5 rings (SSSR count). The van der Waals surface area contributed by atoms with E-state index in [4.69, 9.17) is 20.8 Å². The number of hydrogen-bond acceptors (Lipinski definition) is 8. The summed E-state index contributed by atoms with van der Waals surface area (Å²) in [4.78, 5) is 27.8. The van der Waals surface area contributed by atoms with Crippen molar-refractivity contribution in [2.24, 2.45) is 10.2 Å². The van der Waals surface area contributed by atoms with Gasteiger partial charge >= 0.3 is 0 Å².